The molecular weight excluding hydrogens is 336 g/mol. The predicted octanol–water partition coefficient (Wildman–Crippen LogP) is 2.39. The second kappa shape index (κ2) is 7.05. The van der Waals surface area contributed by atoms with Crippen LogP contribution in [0.5, 0.6) is 0 Å². The fourth-order valence-electron chi connectivity index (χ4n) is 2.60. The number of benzene rings is 1. The number of hydrogen-bond donors (Lipinski definition) is 1. The number of sulfonamides is 1. The number of nitrogens with zero attached hydrogens (tertiary/aromatic N) is 3. The Labute approximate surface area is 147 Å². The quantitative estimate of drug-likeness (QED) is 0.730. The van der Waals surface area contributed by atoms with E-state index in [2.05, 4.69) is 26.8 Å². The molecule has 0 spiro atoms. The number of hydrogen-bond acceptors (Lipinski definition) is 4. The smallest absolute Gasteiger partial charge is 0.244 e. The van der Waals surface area contributed by atoms with Gasteiger partial charge >= 0.3 is 0 Å². The van der Waals surface area contributed by atoms with Crippen molar-refractivity contribution in [2.45, 2.75) is 18.7 Å². The molecule has 0 fully saturated rings. The Balaban J connectivity index is 2.08. The molecule has 3 aromatic rings. The van der Waals surface area contributed by atoms with Crippen molar-refractivity contribution in [1.82, 2.24) is 19.3 Å². The zero-order valence-corrected chi connectivity index (χ0v) is 14.8. The molecule has 1 N–H and O–H groups in total. The van der Waals surface area contributed by atoms with Crippen LogP contribution in [-0.4, -0.2) is 40.8 Å². The minimum atomic E-state index is -3.58. The molecule has 2 aromatic heterocycles. The number of fused-ring (bicyclic) bond motifs is 1. The molecule has 7 heteroatoms. The average molecular weight is 354 g/mol. The van der Waals surface area contributed by atoms with E-state index in [1.54, 1.807) is 30.5 Å². The van der Waals surface area contributed by atoms with Gasteiger partial charge in [0.15, 0.2) is 0 Å². The normalized spacial score (nSPS) is 11.5. The molecule has 25 heavy (non-hydrogen) atoms. The summed E-state index contributed by atoms with van der Waals surface area (Å²) in [6.07, 6.45) is 3.20. The Hall–Kier alpha value is -2.69. The molecule has 2 heterocycles. The monoisotopic (exact) mass is 354 g/mol. The maximum Gasteiger partial charge on any atom is 0.244 e. The molecule has 0 bridgehead atoms. The highest BCUT2D eigenvalue weighted by atomic mass is 32.2. The number of aromatic amines is 1. The van der Waals surface area contributed by atoms with Crippen LogP contribution >= 0.6 is 0 Å². The molecule has 0 saturated heterocycles. The summed E-state index contributed by atoms with van der Waals surface area (Å²) in [5.41, 5.74) is 1.71. The van der Waals surface area contributed by atoms with E-state index in [-0.39, 0.29) is 4.90 Å². The summed E-state index contributed by atoms with van der Waals surface area (Å²) < 4.78 is 27.1. The van der Waals surface area contributed by atoms with Crippen molar-refractivity contribution >= 4 is 21.1 Å². The van der Waals surface area contributed by atoms with Gasteiger partial charge in [-0.2, -0.15) is 4.31 Å². The van der Waals surface area contributed by atoms with Crippen molar-refractivity contribution in [1.29, 1.82) is 0 Å². The summed E-state index contributed by atoms with van der Waals surface area (Å²) in [5, 5.41) is 0.805. The first-order valence-electron chi connectivity index (χ1n) is 7.97. The van der Waals surface area contributed by atoms with E-state index in [0.717, 1.165) is 5.39 Å². The Morgan fingerprint density at radius 3 is 2.60 bits per heavy atom. The highest BCUT2D eigenvalue weighted by molar-refractivity contribution is 7.89. The second-order valence-corrected chi connectivity index (χ2v) is 7.20. The lowest BCUT2D eigenvalue weighted by Gasteiger charge is -2.19. The molecule has 0 radical (unpaired) electrons. The Morgan fingerprint density at radius 1 is 1.08 bits per heavy atom. The van der Waals surface area contributed by atoms with Gasteiger partial charge in [-0.15, -0.1) is 0 Å². The average Bonchev–Trinajstić information content (AvgIpc) is 3.10. The van der Waals surface area contributed by atoms with E-state index < -0.39 is 10.0 Å². The number of aromatic nitrogens is 3. The van der Waals surface area contributed by atoms with Crippen LogP contribution in [0, 0.1) is 11.8 Å². The fraction of sp³-hybridized carbons (Fsp3) is 0.222. The van der Waals surface area contributed by atoms with Crippen molar-refractivity contribution in [3.63, 3.8) is 0 Å². The summed E-state index contributed by atoms with van der Waals surface area (Å²) >= 11 is 0. The van der Waals surface area contributed by atoms with Crippen molar-refractivity contribution < 1.29 is 8.42 Å². The Bertz CT molecular complexity index is 1060. The van der Waals surface area contributed by atoms with E-state index >= 15 is 0 Å². The largest absolute Gasteiger partial charge is 0.346 e. The van der Waals surface area contributed by atoms with Gasteiger partial charge in [-0.25, -0.2) is 18.4 Å². The van der Waals surface area contributed by atoms with Crippen LogP contribution in [0.3, 0.4) is 0 Å². The van der Waals surface area contributed by atoms with Gasteiger partial charge in [-0.1, -0.05) is 31.9 Å². The molecule has 128 valence electrons. The van der Waals surface area contributed by atoms with Crippen molar-refractivity contribution in [2.75, 3.05) is 13.1 Å². The maximum atomic E-state index is 12.8. The zero-order chi connectivity index (χ0) is 17.9. The highest BCUT2D eigenvalue weighted by Crippen LogP contribution is 2.20. The third-order valence-electron chi connectivity index (χ3n) is 3.88. The molecule has 1 aromatic carbocycles. The van der Waals surface area contributed by atoms with Gasteiger partial charge in [0.05, 0.1) is 10.3 Å². The van der Waals surface area contributed by atoms with E-state index in [4.69, 9.17) is 0 Å². The van der Waals surface area contributed by atoms with Gasteiger partial charge in [0.25, 0.3) is 0 Å². The van der Waals surface area contributed by atoms with E-state index in [9.17, 15) is 8.42 Å². The van der Waals surface area contributed by atoms with Crippen LogP contribution in [0.1, 0.15) is 25.1 Å². The maximum absolute atomic E-state index is 12.8. The van der Waals surface area contributed by atoms with E-state index in [0.29, 0.717) is 30.0 Å². The molecule has 0 aliphatic carbocycles. The van der Waals surface area contributed by atoms with Crippen molar-refractivity contribution in [2.24, 2.45) is 0 Å². The summed E-state index contributed by atoms with van der Waals surface area (Å²) in [5.74, 6) is 5.93. The minimum Gasteiger partial charge on any atom is -0.346 e. The molecular formula is C18H18N4O2S. The van der Waals surface area contributed by atoms with Crippen LogP contribution in [-0.2, 0) is 10.0 Å². The highest BCUT2D eigenvalue weighted by Gasteiger charge is 2.23. The van der Waals surface area contributed by atoms with Gasteiger partial charge in [0.2, 0.25) is 10.0 Å². The van der Waals surface area contributed by atoms with Crippen LogP contribution in [0.15, 0.2) is 47.8 Å². The van der Waals surface area contributed by atoms with Crippen LogP contribution in [0.2, 0.25) is 0 Å². The number of H-pyrrole nitrogens is 1. The van der Waals surface area contributed by atoms with E-state index in [1.165, 1.54) is 10.6 Å². The Morgan fingerprint density at radius 2 is 1.84 bits per heavy atom. The lowest BCUT2D eigenvalue weighted by Crippen LogP contribution is -2.31. The SMILES string of the molecule is CCN(CC)S(=O)(=O)c1ccccc1C#Cc1ncnc2[nH]ccc12. The molecule has 0 aliphatic rings. The second-order valence-electron chi connectivity index (χ2n) is 5.30. The van der Waals surface area contributed by atoms with Gasteiger partial charge in [0, 0.05) is 24.8 Å². The third-order valence-corrected chi connectivity index (χ3v) is 5.99. The lowest BCUT2D eigenvalue weighted by atomic mass is 10.2. The van der Waals surface area contributed by atoms with Gasteiger partial charge in [0.1, 0.15) is 17.7 Å². The van der Waals surface area contributed by atoms with Crippen LogP contribution < -0.4 is 0 Å². The van der Waals surface area contributed by atoms with Gasteiger partial charge < -0.3 is 4.98 Å². The molecule has 3 rings (SSSR count). The summed E-state index contributed by atoms with van der Waals surface area (Å²) in [6.45, 7) is 4.46. The van der Waals surface area contributed by atoms with E-state index in [1.807, 2.05) is 19.9 Å². The summed E-state index contributed by atoms with van der Waals surface area (Å²) in [4.78, 5) is 11.5. The molecule has 0 atom stereocenters. The zero-order valence-electron chi connectivity index (χ0n) is 14.0. The lowest BCUT2D eigenvalue weighted by molar-refractivity contribution is 0.445. The number of rotatable bonds is 4. The minimum absolute atomic E-state index is 0.213. The van der Waals surface area contributed by atoms with Crippen molar-refractivity contribution in [3.05, 3.63) is 54.1 Å². The molecule has 0 aliphatic heterocycles. The topological polar surface area (TPSA) is 79.0 Å². The first-order valence-corrected chi connectivity index (χ1v) is 9.41. The fourth-order valence-corrected chi connectivity index (χ4v) is 4.20. The molecule has 0 amide bonds. The standard InChI is InChI=1S/C18H18N4O2S/c1-3-22(4-2)25(23,24)17-8-6-5-7-14(17)9-10-16-15-11-12-19-18(15)21-13-20-16/h5-8,11-13H,3-4H2,1-2H3,(H,19,20,21). The first-order chi connectivity index (χ1) is 12.1. The first kappa shape index (κ1) is 17.1. The van der Waals surface area contributed by atoms with Crippen LogP contribution in [0.4, 0.5) is 0 Å². The predicted molar refractivity (Wildman–Crippen MR) is 96.4 cm³/mol. The van der Waals surface area contributed by atoms with Gasteiger partial charge in [-0.05, 0) is 24.1 Å². The third kappa shape index (κ3) is 3.27. The molecule has 0 saturated carbocycles. The van der Waals surface area contributed by atoms with Crippen LogP contribution in [0.25, 0.3) is 11.0 Å². The van der Waals surface area contributed by atoms with Gasteiger partial charge in [-0.3, -0.25) is 0 Å². The summed E-state index contributed by atoms with van der Waals surface area (Å²) in [6, 6.07) is 8.62. The molecule has 0 unspecified atom stereocenters. The Kier molecular flexibility index (Phi) is 4.83. The molecule has 6 nitrogen and oxygen atoms in total. The van der Waals surface area contributed by atoms with Crippen molar-refractivity contribution in [3.8, 4) is 11.8 Å². The summed E-state index contributed by atoms with van der Waals surface area (Å²) in [7, 11) is -3.58. The number of nitrogens with one attached hydrogen (secondary N) is 1.